The second-order valence-electron chi connectivity index (χ2n) is 5.85. The fraction of sp³-hybridized carbons (Fsp3) is 0.647. The lowest BCUT2D eigenvalue weighted by Crippen LogP contribution is -2.03. The average Bonchev–Trinajstić information content (AvgIpc) is 2.44. The Bertz CT molecular complexity index is 541. The Kier molecular flexibility index (Phi) is 9.06. The number of unbranched alkanes of at least 4 members (excludes halogenated alkanes) is 7. The molecule has 22 heavy (non-hydrogen) atoms. The van der Waals surface area contributed by atoms with Crippen LogP contribution in [0.4, 0.5) is 0 Å². The van der Waals surface area contributed by atoms with E-state index < -0.39 is 10.1 Å². The maximum Gasteiger partial charge on any atom is 0.294 e. The van der Waals surface area contributed by atoms with Crippen molar-refractivity contribution < 1.29 is 13.0 Å². The Hall–Kier alpha value is -0.580. The molecule has 5 heteroatoms. The van der Waals surface area contributed by atoms with E-state index >= 15 is 0 Å². The minimum atomic E-state index is -4.12. The zero-order valence-corrected chi connectivity index (χ0v) is 14.9. The lowest BCUT2D eigenvalue weighted by molar-refractivity contribution is 0.481. The molecule has 1 aromatic carbocycles. The van der Waals surface area contributed by atoms with Crippen LogP contribution in [0.1, 0.15) is 62.5 Å². The molecule has 0 saturated heterocycles. The third-order valence-corrected chi connectivity index (χ3v) is 5.04. The Morgan fingerprint density at radius 1 is 0.955 bits per heavy atom. The van der Waals surface area contributed by atoms with Gasteiger partial charge in [-0.05, 0) is 37.8 Å². The molecular formula is C17H27ClO3S. The van der Waals surface area contributed by atoms with Crippen molar-refractivity contribution in [1.82, 2.24) is 0 Å². The van der Waals surface area contributed by atoms with Gasteiger partial charge in [-0.15, -0.1) is 11.6 Å². The van der Waals surface area contributed by atoms with Gasteiger partial charge in [0.25, 0.3) is 10.1 Å². The molecular weight excluding hydrogens is 320 g/mol. The Morgan fingerprint density at radius 2 is 1.50 bits per heavy atom. The molecule has 1 rings (SSSR count). The topological polar surface area (TPSA) is 54.4 Å². The molecule has 1 N–H and O–H groups in total. The van der Waals surface area contributed by atoms with Gasteiger partial charge in [0.15, 0.2) is 0 Å². The molecule has 0 spiro atoms. The van der Waals surface area contributed by atoms with Gasteiger partial charge in [0.1, 0.15) is 0 Å². The van der Waals surface area contributed by atoms with Crippen LogP contribution in [0.5, 0.6) is 0 Å². The predicted molar refractivity (Wildman–Crippen MR) is 92.4 cm³/mol. The minimum Gasteiger partial charge on any atom is -0.282 e. The number of halogens is 1. The molecule has 0 saturated carbocycles. The highest BCUT2D eigenvalue weighted by atomic mass is 35.5. The van der Waals surface area contributed by atoms with Crippen molar-refractivity contribution in [2.45, 2.75) is 69.6 Å². The summed E-state index contributed by atoms with van der Waals surface area (Å²) in [6, 6.07) is 5.07. The first kappa shape index (κ1) is 19.5. The highest BCUT2D eigenvalue weighted by Gasteiger charge is 2.14. The second-order valence-corrected chi connectivity index (χ2v) is 7.62. The number of benzene rings is 1. The first-order valence-corrected chi connectivity index (χ1v) is 10.1. The molecule has 3 nitrogen and oxygen atoms in total. The van der Waals surface area contributed by atoms with Crippen molar-refractivity contribution in [2.75, 3.05) is 5.88 Å². The van der Waals surface area contributed by atoms with Crippen LogP contribution in [-0.2, 0) is 16.5 Å². The van der Waals surface area contributed by atoms with E-state index in [0.717, 1.165) is 36.3 Å². The normalized spacial score (nSPS) is 11.8. The van der Waals surface area contributed by atoms with Crippen molar-refractivity contribution >= 4 is 21.7 Å². The van der Waals surface area contributed by atoms with Crippen LogP contribution in [0, 0.1) is 6.92 Å². The smallest absolute Gasteiger partial charge is 0.282 e. The molecule has 1 aromatic rings. The van der Waals surface area contributed by atoms with Gasteiger partial charge in [-0.2, -0.15) is 8.42 Å². The van der Waals surface area contributed by atoms with Crippen molar-refractivity contribution in [2.24, 2.45) is 0 Å². The third kappa shape index (κ3) is 7.61. The molecule has 0 fully saturated rings. The van der Waals surface area contributed by atoms with E-state index in [1.165, 1.54) is 38.2 Å². The predicted octanol–water partition coefficient (Wildman–Crippen LogP) is 5.14. The molecule has 126 valence electrons. The van der Waals surface area contributed by atoms with E-state index in [0.29, 0.717) is 6.42 Å². The van der Waals surface area contributed by atoms with Crippen LogP contribution >= 0.6 is 11.6 Å². The van der Waals surface area contributed by atoms with E-state index in [9.17, 15) is 13.0 Å². The number of alkyl halides is 1. The molecule has 0 amide bonds. The summed E-state index contributed by atoms with van der Waals surface area (Å²) in [5.41, 5.74) is 1.74. The molecule has 0 aliphatic carbocycles. The molecule has 0 bridgehead atoms. The van der Waals surface area contributed by atoms with E-state index in [4.69, 9.17) is 11.6 Å². The summed E-state index contributed by atoms with van der Waals surface area (Å²) in [5, 5.41) is 0. The quantitative estimate of drug-likeness (QED) is 0.342. The van der Waals surface area contributed by atoms with Gasteiger partial charge < -0.3 is 0 Å². The van der Waals surface area contributed by atoms with E-state index in [2.05, 4.69) is 0 Å². The highest BCUT2D eigenvalue weighted by Crippen LogP contribution is 2.20. The van der Waals surface area contributed by atoms with Gasteiger partial charge >= 0.3 is 0 Å². The number of aryl methyl sites for hydroxylation is 2. The van der Waals surface area contributed by atoms with Crippen molar-refractivity contribution in [3.05, 3.63) is 29.3 Å². The summed E-state index contributed by atoms with van der Waals surface area (Å²) < 4.78 is 32.0. The van der Waals surface area contributed by atoms with Gasteiger partial charge in [-0.3, -0.25) is 4.55 Å². The fourth-order valence-corrected chi connectivity index (χ4v) is 3.55. The van der Waals surface area contributed by atoms with Gasteiger partial charge in [0, 0.05) is 5.88 Å². The first-order chi connectivity index (χ1) is 10.4. The Balaban J connectivity index is 2.32. The maximum atomic E-state index is 11.4. The lowest BCUT2D eigenvalue weighted by atomic mass is 10.0. The highest BCUT2D eigenvalue weighted by molar-refractivity contribution is 7.85. The molecule has 0 aliphatic rings. The lowest BCUT2D eigenvalue weighted by Gasteiger charge is -2.08. The van der Waals surface area contributed by atoms with Crippen LogP contribution in [0.3, 0.4) is 0 Å². The molecule has 0 aliphatic heterocycles. The molecule has 0 atom stereocenters. The number of hydrogen-bond acceptors (Lipinski definition) is 2. The summed E-state index contributed by atoms with van der Waals surface area (Å²) in [5.74, 6) is 0.757. The van der Waals surface area contributed by atoms with Crippen molar-refractivity contribution in [3.8, 4) is 0 Å². The summed E-state index contributed by atoms with van der Waals surface area (Å²) in [6.45, 7) is 1.93. The van der Waals surface area contributed by atoms with E-state index in [1.54, 1.807) is 6.07 Å². The third-order valence-electron chi connectivity index (χ3n) is 3.82. The molecule has 0 unspecified atom stereocenters. The number of hydrogen-bond donors (Lipinski definition) is 1. The first-order valence-electron chi connectivity index (χ1n) is 8.08. The monoisotopic (exact) mass is 346 g/mol. The van der Waals surface area contributed by atoms with Gasteiger partial charge in [-0.1, -0.05) is 56.2 Å². The summed E-state index contributed by atoms with van der Waals surface area (Å²) in [7, 11) is -4.12. The maximum absolute atomic E-state index is 11.4. The zero-order chi connectivity index (χ0) is 16.4. The van der Waals surface area contributed by atoms with E-state index in [-0.39, 0.29) is 4.90 Å². The number of rotatable bonds is 11. The summed E-state index contributed by atoms with van der Waals surface area (Å²) in [6.07, 6.45) is 9.95. The summed E-state index contributed by atoms with van der Waals surface area (Å²) >= 11 is 5.64. The molecule has 0 aromatic heterocycles. The van der Waals surface area contributed by atoms with Crippen molar-refractivity contribution in [3.63, 3.8) is 0 Å². The van der Waals surface area contributed by atoms with Crippen molar-refractivity contribution in [1.29, 1.82) is 0 Å². The van der Waals surface area contributed by atoms with Gasteiger partial charge in [0.05, 0.1) is 4.90 Å². The van der Waals surface area contributed by atoms with Gasteiger partial charge in [-0.25, -0.2) is 0 Å². The van der Waals surface area contributed by atoms with Crippen LogP contribution in [-0.4, -0.2) is 18.9 Å². The van der Waals surface area contributed by atoms with Crippen LogP contribution in [0.25, 0.3) is 0 Å². The molecule has 0 radical (unpaired) electrons. The van der Waals surface area contributed by atoms with Crippen LogP contribution in [0.2, 0.25) is 0 Å². The van der Waals surface area contributed by atoms with Crippen LogP contribution < -0.4 is 0 Å². The standard InChI is InChI=1S/C17H27ClO3S/c1-15-11-12-17(22(19,20)21)16(14-15)10-8-6-4-2-3-5-7-9-13-18/h11-12,14H,2-10,13H2,1H3,(H,19,20,21). The fourth-order valence-electron chi connectivity index (χ4n) is 2.63. The molecule has 0 heterocycles. The largest absolute Gasteiger partial charge is 0.294 e. The SMILES string of the molecule is Cc1ccc(S(=O)(=O)O)c(CCCCCCCCCCCl)c1. The Labute approximate surface area is 139 Å². The van der Waals surface area contributed by atoms with Gasteiger partial charge in [0.2, 0.25) is 0 Å². The average molecular weight is 347 g/mol. The van der Waals surface area contributed by atoms with Crippen LogP contribution in [0.15, 0.2) is 23.1 Å². The summed E-state index contributed by atoms with van der Waals surface area (Å²) in [4.78, 5) is 0.0548. The van der Waals surface area contributed by atoms with E-state index in [1.807, 2.05) is 13.0 Å². The minimum absolute atomic E-state index is 0.0548. The Morgan fingerprint density at radius 3 is 2.05 bits per heavy atom. The second kappa shape index (κ2) is 10.2. The zero-order valence-electron chi connectivity index (χ0n) is 13.4.